The van der Waals surface area contributed by atoms with E-state index in [1.165, 1.54) is 17.1 Å². The SMILES string of the molecule is CCNC(c1ccsc1)C1SCCSC1C. The molecule has 4 heteroatoms. The second kappa shape index (κ2) is 6.34. The van der Waals surface area contributed by atoms with Gasteiger partial charge in [-0.05, 0) is 28.9 Å². The van der Waals surface area contributed by atoms with Gasteiger partial charge in [-0.25, -0.2) is 0 Å². The molecule has 1 aromatic rings. The van der Waals surface area contributed by atoms with E-state index in [1.54, 1.807) is 11.3 Å². The van der Waals surface area contributed by atoms with Crippen LogP contribution in [-0.2, 0) is 0 Å². The van der Waals surface area contributed by atoms with Gasteiger partial charge in [-0.2, -0.15) is 34.9 Å². The zero-order valence-corrected chi connectivity index (χ0v) is 12.3. The Bertz CT molecular complexity index is 299. The summed E-state index contributed by atoms with van der Waals surface area (Å²) in [4.78, 5) is 0. The summed E-state index contributed by atoms with van der Waals surface area (Å²) in [6.45, 7) is 5.62. The molecule has 0 amide bonds. The van der Waals surface area contributed by atoms with Gasteiger partial charge in [-0.15, -0.1) is 0 Å². The molecule has 0 aliphatic carbocycles. The predicted molar refractivity (Wildman–Crippen MR) is 78.9 cm³/mol. The van der Waals surface area contributed by atoms with Crippen LogP contribution >= 0.6 is 34.9 Å². The van der Waals surface area contributed by atoms with Crippen molar-refractivity contribution in [3.63, 3.8) is 0 Å². The molecule has 1 aromatic heterocycles. The third-order valence-corrected chi connectivity index (χ3v) is 6.79. The van der Waals surface area contributed by atoms with Gasteiger partial charge in [0.25, 0.3) is 0 Å². The summed E-state index contributed by atoms with van der Waals surface area (Å²) in [6, 6.07) is 2.80. The zero-order chi connectivity index (χ0) is 11.4. The Labute approximate surface area is 111 Å². The lowest BCUT2D eigenvalue weighted by Crippen LogP contribution is -2.37. The first-order valence-corrected chi connectivity index (χ1v) is 8.85. The highest BCUT2D eigenvalue weighted by molar-refractivity contribution is 8.07. The maximum atomic E-state index is 3.66. The van der Waals surface area contributed by atoms with Gasteiger partial charge in [0.05, 0.1) is 0 Å². The van der Waals surface area contributed by atoms with E-state index in [0.717, 1.165) is 11.8 Å². The first-order chi connectivity index (χ1) is 7.83. The molecular weight excluding hydrogens is 254 g/mol. The Kier molecular flexibility index (Phi) is 5.07. The van der Waals surface area contributed by atoms with Gasteiger partial charge in [-0.3, -0.25) is 0 Å². The van der Waals surface area contributed by atoms with Crippen LogP contribution in [0.4, 0.5) is 0 Å². The van der Waals surface area contributed by atoms with Crippen LogP contribution in [0.15, 0.2) is 16.8 Å². The largest absolute Gasteiger partial charge is 0.309 e. The third kappa shape index (κ3) is 2.97. The number of thioether (sulfide) groups is 2. The molecule has 0 spiro atoms. The lowest BCUT2D eigenvalue weighted by molar-refractivity contribution is 0.527. The number of nitrogens with one attached hydrogen (secondary N) is 1. The van der Waals surface area contributed by atoms with Crippen molar-refractivity contribution in [1.82, 2.24) is 5.32 Å². The van der Waals surface area contributed by atoms with Crippen molar-refractivity contribution in [3.05, 3.63) is 22.4 Å². The summed E-state index contributed by atoms with van der Waals surface area (Å²) in [7, 11) is 0. The summed E-state index contributed by atoms with van der Waals surface area (Å²) < 4.78 is 0. The van der Waals surface area contributed by atoms with E-state index in [1.807, 2.05) is 0 Å². The molecule has 1 nitrogen and oxygen atoms in total. The van der Waals surface area contributed by atoms with Crippen molar-refractivity contribution in [3.8, 4) is 0 Å². The van der Waals surface area contributed by atoms with Crippen LogP contribution in [0.5, 0.6) is 0 Å². The molecule has 1 aliphatic heterocycles. The topological polar surface area (TPSA) is 12.0 Å². The highest BCUT2D eigenvalue weighted by Gasteiger charge is 2.30. The Morgan fingerprint density at radius 3 is 2.88 bits per heavy atom. The van der Waals surface area contributed by atoms with Crippen LogP contribution in [0.25, 0.3) is 0 Å². The third-order valence-electron chi connectivity index (χ3n) is 2.89. The van der Waals surface area contributed by atoms with Gasteiger partial charge < -0.3 is 5.32 Å². The second-order valence-corrected chi connectivity index (χ2v) is 7.55. The minimum absolute atomic E-state index is 0.532. The Morgan fingerprint density at radius 2 is 2.25 bits per heavy atom. The predicted octanol–water partition coefficient (Wildman–Crippen LogP) is 3.64. The van der Waals surface area contributed by atoms with Crippen molar-refractivity contribution in [2.24, 2.45) is 0 Å². The van der Waals surface area contributed by atoms with E-state index < -0.39 is 0 Å². The van der Waals surface area contributed by atoms with Crippen LogP contribution in [0.3, 0.4) is 0 Å². The monoisotopic (exact) mass is 273 g/mol. The zero-order valence-electron chi connectivity index (χ0n) is 9.81. The smallest absolute Gasteiger partial charge is 0.0459 e. The summed E-state index contributed by atoms with van der Waals surface area (Å²) in [6.07, 6.45) is 0. The molecule has 2 heterocycles. The Balaban J connectivity index is 2.11. The van der Waals surface area contributed by atoms with Crippen molar-refractivity contribution < 1.29 is 0 Å². The van der Waals surface area contributed by atoms with Crippen LogP contribution in [-0.4, -0.2) is 28.6 Å². The van der Waals surface area contributed by atoms with Gasteiger partial charge in [0.15, 0.2) is 0 Å². The van der Waals surface area contributed by atoms with E-state index in [4.69, 9.17) is 0 Å². The molecule has 1 saturated heterocycles. The van der Waals surface area contributed by atoms with E-state index in [0.29, 0.717) is 11.3 Å². The average molecular weight is 273 g/mol. The summed E-state index contributed by atoms with van der Waals surface area (Å²) in [5.41, 5.74) is 1.47. The van der Waals surface area contributed by atoms with Crippen molar-refractivity contribution in [1.29, 1.82) is 0 Å². The van der Waals surface area contributed by atoms with Crippen LogP contribution in [0.1, 0.15) is 25.5 Å². The Hall–Kier alpha value is 0.360. The second-order valence-electron chi connectivity index (χ2n) is 4.00. The molecule has 0 radical (unpaired) electrons. The Morgan fingerprint density at radius 1 is 1.44 bits per heavy atom. The van der Waals surface area contributed by atoms with Crippen molar-refractivity contribution in [2.45, 2.75) is 30.4 Å². The van der Waals surface area contributed by atoms with Crippen molar-refractivity contribution >= 4 is 34.9 Å². The number of rotatable bonds is 4. The number of thiophene rings is 1. The van der Waals surface area contributed by atoms with Crippen molar-refractivity contribution in [2.75, 3.05) is 18.1 Å². The molecule has 3 unspecified atom stereocenters. The fourth-order valence-electron chi connectivity index (χ4n) is 2.11. The molecule has 1 fully saturated rings. The summed E-state index contributed by atoms with van der Waals surface area (Å²) >= 11 is 6.06. The van der Waals surface area contributed by atoms with Gasteiger partial charge >= 0.3 is 0 Å². The maximum absolute atomic E-state index is 3.66. The normalized spacial score (nSPS) is 27.9. The highest BCUT2D eigenvalue weighted by atomic mass is 32.2. The lowest BCUT2D eigenvalue weighted by atomic mass is 10.0. The minimum Gasteiger partial charge on any atom is -0.309 e. The van der Waals surface area contributed by atoms with E-state index in [9.17, 15) is 0 Å². The lowest BCUT2D eigenvalue weighted by Gasteiger charge is -2.34. The molecule has 0 bridgehead atoms. The van der Waals surface area contributed by atoms with E-state index in [2.05, 4.69) is 59.5 Å². The van der Waals surface area contributed by atoms with Gasteiger partial charge in [0, 0.05) is 28.0 Å². The molecule has 1 N–H and O–H groups in total. The van der Waals surface area contributed by atoms with Crippen LogP contribution in [0, 0.1) is 0 Å². The highest BCUT2D eigenvalue weighted by Crippen LogP contribution is 2.39. The van der Waals surface area contributed by atoms with Crippen LogP contribution < -0.4 is 5.32 Å². The summed E-state index contributed by atoms with van der Waals surface area (Å²) in [5, 5.41) is 9.60. The maximum Gasteiger partial charge on any atom is 0.0459 e. The quantitative estimate of drug-likeness (QED) is 0.899. The van der Waals surface area contributed by atoms with Gasteiger partial charge in [0.1, 0.15) is 0 Å². The molecule has 16 heavy (non-hydrogen) atoms. The fraction of sp³-hybridized carbons (Fsp3) is 0.667. The standard InChI is InChI=1S/C12H19NS3/c1-3-13-11(10-4-5-14-8-10)12-9(2)15-6-7-16-12/h4-5,8-9,11-13H,3,6-7H2,1-2H3. The molecular formula is C12H19NS3. The molecule has 0 saturated carbocycles. The number of hydrogen-bond donors (Lipinski definition) is 1. The van der Waals surface area contributed by atoms with Gasteiger partial charge in [-0.1, -0.05) is 13.8 Å². The van der Waals surface area contributed by atoms with Gasteiger partial charge in [0.2, 0.25) is 0 Å². The van der Waals surface area contributed by atoms with E-state index >= 15 is 0 Å². The molecule has 1 aliphatic rings. The summed E-state index contributed by atoms with van der Waals surface area (Å²) in [5.74, 6) is 2.61. The first-order valence-electron chi connectivity index (χ1n) is 5.81. The number of hydrogen-bond acceptors (Lipinski definition) is 4. The minimum atomic E-state index is 0.532. The van der Waals surface area contributed by atoms with E-state index in [-0.39, 0.29) is 0 Å². The molecule has 90 valence electrons. The average Bonchev–Trinajstić information content (AvgIpc) is 2.80. The van der Waals surface area contributed by atoms with Crippen LogP contribution in [0.2, 0.25) is 0 Å². The first kappa shape index (κ1) is 12.8. The molecule has 3 atom stereocenters. The fourth-order valence-corrected chi connectivity index (χ4v) is 5.76. The molecule has 0 aromatic carbocycles. The molecule has 2 rings (SSSR count).